The number of methoxy groups -OCH3 is 2. The number of hydrogen-bond donors (Lipinski definition) is 1. The molecule has 2 heterocycles. The molecule has 2 rings (SSSR count). The van der Waals surface area contributed by atoms with Crippen LogP contribution in [0.5, 0.6) is 0 Å². The van der Waals surface area contributed by atoms with Gasteiger partial charge in [0.15, 0.2) is 0 Å². The van der Waals surface area contributed by atoms with E-state index in [-0.39, 0.29) is 17.2 Å². The second-order valence-corrected chi connectivity index (χ2v) is 9.01. The highest BCUT2D eigenvalue weighted by Crippen LogP contribution is 2.19. The molecule has 28 heavy (non-hydrogen) atoms. The number of amides is 2. The number of nitrogens with zero attached hydrogens (tertiary/aromatic N) is 3. The molecule has 154 valence electrons. The predicted molar refractivity (Wildman–Crippen MR) is 109 cm³/mol. The van der Waals surface area contributed by atoms with Crippen molar-refractivity contribution in [2.45, 2.75) is 27.1 Å². The van der Waals surface area contributed by atoms with Gasteiger partial charge in [0.05, 0.1) is 13.2 Å². The van der Waals surface area contributed by atoms with Crippen LogP contribution >= 0.6 is 22.7 Å². The Balaban J connectivity index is 1.88. The summed E-state index contributed by atoms with van der Waals surface area (Å²) in [7, 11) is 4.92. The van der Waals surface area contributed by atoms with Crippen molar-refractivity contribution in [1.29, 1.82) is 0 Å². The molecule has 2 aromatic heterocycles. The van der Waals surface area contributed by atoms with Crippen molar-refractivity contribution in [3.05, 3.63) is 32.2 Å². The van der Waals surface area contributed by atoms with E-state index in [1.807, 2.05) is 13.8 Å². The van der Waals surface area contributed by atoms with E-state index in [0.717, 1.165) is 10.0 Å². The van der Waals surface area contributed by atoms with Crippen LogP contribution in [0.3, 0.4) is 0 Å². The SMILES string of the molecule is COCc1nc(C(=O)NCC(C)(C)CN(C)C(=O)c2csc(COC)n2)cs1. The first-order valence-corrected chi connectivity index (χ1v) is 10.4. The molecule has 1 N–H and O–H groups in total. The lowest BCUT2D eigenvalue weighted by atomic mass is 9.92. The summed E-state index contributed by atoms with van der Waals surface area (Å²) < 4.78 is 10.1. The van der Waals surface area contributed by atoms with Crippen LogP contribution in [0.2, 0.25) is 0 Å². The van der Waals surface area contributed by atoms with E-state index < -0.39 is 0 Å². The third kappa shape index (κ3) is 6.33. The van der Waals surface area contributed by atoms with Gasteiger partial charge in [-0.25, -0.2) is 9.97 Å². The van der Waals surface area contributed by atoms with Gasteiger partial charge in [-0.15, -0.1) is 22.7 Å². The van der Waals surface area contributed by atoms with E-state index >= 15 is 0 Å². The minimum atomic E-state index is -0.323. The maximum absolute atomic E-state index is 12.6. The number of nitrogens with one attached hydrogen (secondary N) is 1. The molecule has 0 fully saturated rings. The number of rotatable bonds is 10. The normalized spacial score (nSPS) is 11.5. The van der Waals surface area contributed by atoms with Gasteiger partial charge in [-0.2, -0.15) is 0 Å². The van der Waals surface area contributed by atoms with E-state index in [9.17, 15) is 9.59 Å². The summed E-state index contributed by atoms with van der Waals surface area (Å²) in [4.78, 5) is 35.1. The van der Waals surface area contributed by atoms with Crippen molar-refractivity contribution in [3.8, 4) is 0 Å². The fourth-order valence-corrected chi connectivity index (χ4v) is 4.06. The topological polar surface area (TPSA) is 93.7 Å². The Labute approximate surface area is 172 Å². The van der Waals surface area contributed by atoms with Crippen LogP contribution in [-0.2, 0) is 22.7 Å². The zero-order valence-corrected chi connectivity index (χ0v) is 18.4. The molecule has 10 heteroatoms. The zero-order chi connectivity index (χ0) is 20.7. The number of aromatic nitrogens is 2. The minimum absolute atomic E-state index is 0.151. The van der Waals surface area contributed by atoms with Gasteiger partial charge in [-0.05, 0) is 5.41 Å². The quantitative estimate of drug-likeness (QED) is 0.627. The fraction of sp³-hybridized carbons (Fsp3) is 0.556. The van der Waals surface area contributed by atoms with Crippen LogP contribution in [0.25, 0.3) is 0 Å². The standard InChI is InChI=1S/C18H26N4O4S2/c1-18(2,10-19-16(23)12-8-27-14(20-12)6-25-4)11-22(3)17(24)13-9-28-15(21-13)7-26-5/h8-9H,6-7,10-11H2,1-5H3,(H,19,23). The molecular formula is C18H26N4O4S2. The lowest BCUT2D eigenvalue weighted by Gasteiger charge is -2.30. The fourth-order valence-electron chi connectivity index (χ4n) is 2.58. The smallest absolute Gasteiger partial charge is 0.273 e. The second kappa shape index (κ2) is 10.1. The first kappa shape index (κ1) is 22.4. The Kier molecular flexibility index (Phi) is 8.05. The van der Waals surface area contributed by atoms with Gasteiger partial charge >= 0.3 is 0 Å². The lowest BCUT2D eigenvalue weighted by molar-refractivity contribution is 0.0725. The summed E-state index contributed by atoms with van der Waals surface area (Å²) in [6, 6.07) is 0. The number of carbonyl (C=O) groups is 2. The van der Waals surface area contributed by atoms with Gasteiger partial charge in [-0.1, -0.05) is 13.8 Å². The number of hydrogen-bond acceptors (Lipinski definition) is 8. The van der Waals surface area contributed by atoms with E-state index in [2.05, 4.69) is 15.3 Å². The molecule has 0 saturated heterocycles. The molecule has 0 bridgehead atoms. The maximum atomic E-state index is 12.6. The van der Waals surface area contributed by atoms with Crippen molar-refractivity contribution < 1.29 is 19.1 Å². The van der Waals surface area contributed by atoms with E-state index in [1.165, 1.54) is 22.7 Å². The number of ether oxygens (including phenoxy) is 2. The Morgan fingerprint density at radius 2 is 1.61 bits per heavy atom. The summed E-state index contributed by atoms with van der Waals surface area (Å²) in [5.74, 6) is -0.383. The third-order valence-corrected chi connectivity index (χ3v) is 5.47. The van der Waals surface area contributed by atoms with Gasteiger partial charge in [0.2, 0.25) is 0 Å². The van der Waals surface area contributed by atoms with Crippen molar-refractivity contribution >= 4 is 34.5 Å². The van der Waals surface area contributed by atoms with Crippen molar-refractivity contribution in [2.75, 3.05) is 34.4 Å². The summed E-state index contributed by atoms with van der Waals surface area (Å²) in [5.41, 5.74) is 0.467. The van der Waals surface area contributed by atoms with Crippen molar-refractivity contribution in [2.24, 2.45) is 5.41 Å². The van der Waals surface area contributed by atoms with Gasteiger partial charge < -0.3 is 19.7 Å². The average molecular weight is 427 g/mol. The summed E-state index contributed by atoms with van der Waals surface area (Å²) in [6.45, 7) is 5.64. The molecular weight excluding hydrogens is 400 g/mol. The predicted octanol–water partition coefficient (Wildman–Crippen LogP) is 2.42. The third-order valence-electron chi connectivity index (χ3n) is 3.83. The highest BCUT2D eigenvalue weighted by atomic mass is 32.1. The molecule has 0 aromatic carbocycles. The molecule has 0 atom stereocenters. The van der Waals surface area contributed by atoms with Crippen LogP contribution in [0.15, 0.2) is 10.8 Å². The molecule has 0 aliphatic rings. The largest absolute Gasteiger partial charge is 0.378 e. The Morgan fingerprint density at radius 3 is 2.18 bits per heavy atom. The van der Waals surface area contributed by atoms with Gasteiger partial charge in [-0.3, -0.25) is 9.59 Å². The van der Waals surface area contributed by atoms with Gasteiger partial charge in [0, 0.05) is 45.1 Å². The Bertz CT molecular complexity index is 803. The zero-order valence-electron chi connectivity index (χ0n) is 16.8. The molecule has 0 radical (unpaired) electrons. The molecule has 2 aromatic rings. The summed E-state index contributed by atoms with van der Waals surface area (Å²) >= 11 is 2.79. The molecule has 0 spiro atoms. The highest BCUT2D eigenvalue weighted by Gasteiger charge is 2.25. The lowest BCUT2D eigenvalue weighted by Crippen LogP contribution is -2.43. The average Bonchev–Trinajstić information content (AvgIpc) is 3.29. The van der Waals surface area contributed by atoms with Crippen LogP contribution < -0.4 is 5.32 Å². The first-order valence-electron chi connectivity index (χ1n) is 8.66. The van der Waals surface area contributed by atoms with Gasteiger partial charge in [0.25, 0.3) is 11.8 Å². The number of carbonyl (C=O) groups excluding carboxylic acids is 2. The molecule has 0 aliphatic carbocycles. The highest BCUT2D eigenvalue weighted by molar-refractivity contribution is 7.10. The minimum Gasteiger partial charge on any atom is -0.378 e. The second-order valence-electron chi connectivity index (χ2n) is 7.13. The van der Waals surface area contributed by atoms with Gasteiger partial charge in [0.1, 0.15) is 21.4 Å². The van der Waals surface area contributed by atoms with Crippen LogP contribution in [0.1, 0.15) is 44.8 Å². The molecule has 8 nitrogen and oxygen atoms in total. The van der Waals surface area contributed by atoms with E-state index in [1.54, 1.807) is 36.9 Å². The van der Waals surface area contributed by atoms with Crippen LogP contribution in [-0.4, -0.2) is 61.0 Å². The molecule has 0 unspecified atom stereocenters. The van der Waals surface area contributed by atoms with E-state index in [4.69, 9.17) is 9.47 Å². The Morgan fingerprint density at radius 1 is 1.07 bits per heavy atom. The summed E-state index contributed by atoms with van der Waals surface area (Å²) in [5, 5.41) is 7.87. The van der Waals surface area contributed by atoms with Crippen molar-refractivity contribution in [1.82, 2.24) is 20.2 Å². The Hall–Kier alpha value is -1.88. The molecule has 0 aliphatic heterocycles. The maximum Gasteiger partial charge on any atom is 0.273 e. The van der Waals surface area contributed by atoms with Crippen molar-refractivity contribution in [3.63, 3.8) is 0 Å². The monoisotopic (exact) mass is 426 g/mol. The number of thiazole rings is 2. The first-order chi connectivity index (χ1) is 13.3. The summed E-state index contributed by atoms with van der Waals surface area (Å²) in [6.07, 6.45) is 0. The molecule has 2 amide bonds. The van der Waals surface area contributed by atoms with Crippen LogP contribution in [0, 0.1) is 5.41 Å². The molecule has 0 saturated carbocycles. The van der Waals surface area contributed by atoms with Crippen LogP contribution in [0.4, 0.5) is 0 Å². The van der Waals surface area contributed by atoms with E-state index in [0.29, 0.717) is 37.7 Å².